The first kappa shape index (κ1) is 38.7. The highest BCUT2D eigenvalue weighted by Crippen LogP contribution is 2.47. The predicted octanol–water partition coefficient (Wildman–Crippen LogP) is 10.6. The van der Waals surface area contributed by atoms with Gasteiger partial charge in [0, 0.05) is 38.5 Å². The number of aliphatic imine (C=N–C) groups is 2. The molecule has 1 atom stereocenters. The second kappa shape index (κ2) is 15.8. The maximum absolute atomic E-state index is 16.6. The summed E-state index contributed by atoms with van der Waals surface area (Å²) in [5.74, 6) is -8.77. The average molecular weight is 824 g/mol. The zero-order valence-electron chi connectivity index (χ0n) is 31.5. The van der Waals surface area contributed by atoms with E-state index in [-0.39, 0.29) is 18.1 Å². The van der Waals surface area contributed by atoms with E-state index in [1.807, 2.05) is 84.9 Å². The minimum absolute atomic E-state index is 0.00940. The molecule has 0 saturated carbocycles. The predicted molar refractivity (Wildman–Crippen MR) is 224 cm³/mol. The third-order valence-corrected chi connectivity index (χ3v) is 13.9. The van der Waals surface area contributed by atoms with Crippen LogP contribution in [0.2, 0.25) is 0 Å². The summed E-state index contributed by atoms with van der Waals surface area (Å²) >= 11 is 0. The third kappa shape index (κ3) is 6.86. The van der Waals surface area contributed by atoms with Crippen molar-refractivity contribution in [1.29, 1.82) is 0 Å². The van der Waals surface area contributed by atoms with Gasteiger partial charge in [-0.3, -0.25) is 0 Å². The highest BCUT2D eigenvalue weighted by molar-refractivity contribution is 7.85. The van der Waals surface area contributed by atoms with Crippen LogP contribution in [0, 0.1) is 34.9 Å². The number of fused-ring (bicyclic) bond motifs is 1. The van der Waals surface area contributed by atoms with E-state index in [1.54, 1.807) is 30.3 Å². The van der Waals surface area contributed by atoms with Crippen LogP contribution in [0.3, 0.4) is 0 Å². The second-order valence-corrected chi connectivity index (χ2v) is 17.1. The number of nitrogens with one attached hydrogen (secondary N) is 1. The molecule has 1 N–H and O–H groups in total. The van der Waals surface area contributed by atoms with Gasteiger partial charge in [-0.2, -0.15) is 0 Å². The van der Waals surface area contributed by atoms with Crippen LogP contribution in [-0.4, -0.2) is 11.7 Å². The molecule has 0 fully saturated rings. The summed E-state index contributed by atoms with van der Waals surface area (Å²) < 4.78 is 109. The molecule has 0 radical (unpaired) electrons. The van der Waals surface area contributed by atoms with Crippen molar-refractivity contribution in [3.63, 3.8) is 0 Å². The summed E-state index contributed by atoms with van der Waals surface area (Å²) in [5.41, 5.74) is 1.17. The molecule has 60 heavy (non-hydrogen) atoms. The van der Waals surface area contributed by atoms with Crippen molar-refractivity contribution in [1.82, 2.24) is 5.32 Å². The van der Waals surface area contributed by atoms with Crippen LogP contribution < -0.4 is 21.2 Å². The molecule has 11 heteroatoms. The average Bonchev–Trinajstić information content (AvgIpc) is 3.29. The summed E-state index contributed by atoms with van der Waals surface area (Å²) in [6.07, 6.45) is -0.0645. The molecule has 0 aromatic heterocycles. The first-order valence-corrected chi connectivity index (χ1v) is 20.7. The fraction of sp³-hybridized carbons (Fsp3) is 0.0612. The fourth-order valence-corrected chi connectivity index (χ4v) is 10.6. The van der Waals surface area contributed by atoms with E-state index in [1.165, 1.54) is 24.3 Å². The highest BCUT2D eigenvalue weighted by Gasteiger charge is 2.37. The summed E-state index contributed by atoms with van der Waals surface area (Å²) in [6.45, 7) is 0. The van der Waals surface area contributed by atoms with Crippen molar-refractivity contribution in [3.8, 4) is 0 Å². The first-order valence-electron chi connectivity index (χ1n) is 19.0. The SMILES string of the molecule is O=P(c1ccccc1)(c1ccccc1)c1cccc(C2=CCC(c3c(F)c(F)c(C4N=C(c5ccc(F)cc5)NC(c5ccc(F)cc5)=N4)c(F)c3F)c3ccccc32)c1. The van der Waals surface area contributed by atoms with Crippen LogP contribution in [-0.2, 0) is 4.57 Å². The summed E-state index contributed by atoms with van der Waals surface area (Å²) in [4.78, 5) is 8.62. The smallest absolute Gasteiger partial charge is 0.175 e. The molecule has 0 saturated heterocycles. The topological polar surface area (TPSA) is 53.8 Å². The Morgan fingerprint density at radius 1 is 0.500 bits per heavy atom. The molecule has 0 amide bonds. The lowest BCUT2D eigenvalue weighted by molar-refractivity contribution is 0.410. The number of allylic oxidation sites excluding steroid dienone is 1. The lowest BCUT2D eigenvalue weighted by Gasteiger charge is -2.29. The number of nitrogens with zero attached hydrogens (tertiary/aromatic N) is 2. The number of amidine groups is 2. The molecule has 296 valence electrons. The maximum atomic E-state index is 16.6. The van der Waals surface area contributed by atoms with E-state index in [0.29, 0.717) is 49.3 Å². The lowest BCUT2D eigenvalue weighted by atomic mass is 9.77. The van der Waals surface area contributed by atoms with Gasteiger partial charge < -0.3 is 9.88 Å². The van der Waals surface area contributed by atoms with Gasteiger partial charge in [0.2, 0.25) is 0 Å². The maximum Gasteiger partial charge on any atom is 0.175 e. The lowest BCUT2D eigenvalue weighted by Crippen LogP contribution is -2.36. The quantitative estimate of drug-likeness (QED) is 0.0943. The Labute approximate surface area is 341 Å². The van der Waals surface area contributed by atoms with Crippen LogP contribution in [0.5, 0.6) is 0 Å². The van der Waals surface area contributed by atoms with E-state index in [0.717, 1.165) is 24.3 Å². The number of hydrogen-bond acceptors (Lipinski definition) is 4. The van der Waals surface area contributed by atoms with Crippen LogP contribution in [0.15, 0.2) is 174 Å². The van der Waals surface area contributed by atoms with Crippen LogP contribution in [0.1, 0.15) is 57.4 Å². The van der Waals surface area contributed by atoms with Crippen molar-refractivity contribution in [2.24, 2.45) is 9.98 Å². The molecule has 9 rings (SSSR count). The molecular formula is C49H32F6N3OP. The van der Waals surface area contributed by atoms with Gasteiger partial charge in [0.1, 0.15) is 23.3 Å². The minimum Gasteiger partial charge on any atom is -0.324 e. The van der Waals surface area contributed by atoms with Crippen molar-refractivity contribution in [3.05, 3.63) is 238 Å². The zero-order chi connectivity index (χ0) is 41.5. The van der Waals surface area contributed by atoms with Gasteiger partial charge in [0.05, 0.1) is 5.56 Å². The Bertz CT molecular complexity index is 2780. The van der Waals surface area contributed by atoms with Gasteiger partial charge in [-0.05, 0) is 83.3 Å². The van der Waals surface area contributed by atoms with Crippen molar-refractivity contribution in [2.75, 3.05) is 0 Å². The molecule has 4 nitrogen and oxygen atoms in total. The standard InChI is InChI=1S/C49H32F6N3OP/c50-32-22-18-29(19-23-32)47-56-48(30-20-24-33(51)25-21-30)58-49(57-47)42-45(54)43(52)41(44(53)46(42)55)40-27-26-37(38-16-7-8-17-39(38)40)31-10-9-15-36(28-31)60(59,34-11-3-1-4-12-34)35-13-5-2-6-14-35/h1-26,28,40,49H,27H2,(H,56,57,58). The third-order valence-electron chi connectivity index (χ3n) is 10.9. The number of halogens is 6. The summed E-state index contributed by atoms with van der Waals surface area (Å²) in [5, 5.41) is 4.81. The normalized spacial score (nSPS) is 15.4. The Balaban J connectivity index is 1.12. The van der Waals surface area contributed by atoms with Gasteiger partial charge in [0.15, 0.2) is 36.6 Å². The summed E-state index contributed by atoms with van der Waals surface area (Å²) in [6, 6.07) is 42.8. The van der Waals surface area contributed by atoms with Crippen LogP contribution in [0.4, 0.5) is 26.3 Å². The fourth-order valence-electron chi connectivity index (χ4n) is 7.94. The molecule has 2 aliphatic rings. The molecule has 1 aliphatic carbocycles. The van der Waals surface area contributed by atoms with E-state index in [4.69, 9.17) is 0 Å². The van der Waals surface area contributed by atoms with Crippen LogP contribution in [0.25, 0.3) is 5.57 Å². The zero-order valence-corrected chi connectivity index (χ0v) is 32.4. The van der Waals surface area contributed by atoms with E-state index < -0.39 is 65.3 Å². The van der Waals surface area contributed by atoms with Gasteiger partial charge in [-0.1, -0.05) is 109 Å². The monoisotopic (exact) mass is 823 g/mol. The van der Waals surface area contributed by atoms with Crippen molar-refractivity contribution in [2.45, 2.75) is 18.5 Å². The van der Waals surface area contributed by atoms with E-state index in [9.17, 15) is 8.78 Å². The molecule has 1 heterocycles. The second-order valence-electron chi connectivity index (χ2n) is 14.4. The molecule has 1 aliphatic heterocycles. The first-order chi connectivity index (χ1) is 29.1. The number of rotatable bonds is 8. The van der Waals surface area contributed by atoms with Crippen LogP contribution >= 0.6 is 7.14 Å². The molecule has 0 spiro atoms. The molecule has 1 unspecified atom stereocenters. The largest absolute Gasteiger partial charge is 0.324 e. The van der Waals surface area contributed by atoms with Crippen molar-refractivity contribution >= 4 is 40.3 Å². The van der Waals surface area contributed by atoms with Gasteiger partial charge in [-0.25, -0.2) is 36.3 Å². The van der Waals surface area contributed by atoms with Gasteiger partial charge in [0.25, 0.3) is 0 Å². The van der Waals surface area contributed by atoms with Crippen molar-refractivity contribution < 1.29 is 30.9 Å². The highest BCUT2D eigenvalue weighted by atomic mass is 31.2. The Morgan fingerprint density at radius 2 is 0.983 bits per heavy atom. The Morgan fingerprint density at radius 3 is 1.53 bits per heavy atom. The molecule has 7 aromatic carbocycles. The van der Waals surface area contributed by atoms with Gasteiger partial charge >= 0.3 is 0 Å². The molecular weight excluding hydrogens is 792 g/mol. The van der Waals surface area contributed by atoms with E-state index in [2.05, 4.69) is 15.3 Å². The van der Waals surface area contributed by atoms with E-state index >= 15 is 22.1 Å². The number of benzene rings is 7. The van der Waals surface area contributed by atoms with Gasteiger partial charge in [-0.15, -0.1) is 0 Å². The Hall–Kier alpha value is -6.77. The minimum atomic E-state index is -3.35. The molecule has 7 aromatic rings. The number of hydrogen-bond donors (Lipinski definition) is 1. The Kier molecular flexibility index (Phi) is 10.2. The summed E-state index contributed by atoms with van der Waals surface area (Å²) in [7, 11) is -3.35. The molecule has 0 bridgehead atoms.